The summed E-state index contributed by atoms with van der Waals surface area (Å²) < 4.78 is 26.7. The first-order chi connectivity index (χ1) is 11.8. The standard InChI is InChI=1S/C18H15PSe.2Na.H2O3S2/c20-19(16-10-4-1-5-11-16,17-12-6-2-7-13-17)18-14-8-3-9-15-18;;;1-5(2,3)4/h1-15H;;;(H2,1,2,3,4)/q;2*+1;/p-2. The van der Waals surface area contributed by atoms with Crippen molar-refractivity contribution in [1.82, 2.24) is 0 Å². The molecule has 0 aliphatic heterocycles. The second-order valence-electron chi connectivity index (χ2n) is 5.02. The Morgan fingerprint density at radius 1 is 0.667 bits per heavy atom. The fourth-order valence-corrected chi connectivity index (χ4v) is 7.33. The van der Waals surface area contributed by atoms with Crippen molar-refractivity contribution in [2.45, 2.75) is 0 Å². The molecule has 0 bridgehead atoms. The van der Waals surface area contributed by atoms with Crippen molar-refractivity contribution in [3.8, 4) is 0 Å². The van der Waals surface area contributed by atoms with E-state index in [0.717, 1.165) is 0 Å². The molecule has 0 amide bonds. The molecule has 0 heterocycles. The zero-order valence-electron chi connectivity index (χ0n) is 15.1. The van der Waals surface area contributed by atoms with Crippen molar-refractivity contribution in [2.75, 3.05) is 0 Å². The van der Waals surface area contributed by atoms with E-state index < -0.39 is 14.6 Å². The molecule has 9 heteroatoms. The molecule has 3 nitrogen and oxygen atoms in total. The number of hydrogen-bond donors (Lipinski definition) is 0. The SMILES string of the molecule is O=S([O-])([O-])=S.[Na+].[Na+].[Se]=P(c1ccccc1)(c1ccccc1)c1ccccc1. The first-order valence-electron chi connectivity index (χ1n) is 7.25. The minimum absolute atomic E-state index is 0. The fourth-order valence-electron chi connectivity index (χ4n) is 2.36. The zero-order valence-corrected chi connectivity index (χ0v) is 23.3. The molecule has 0 fully saturated rings. The molecule has 0 N–H and O–H groups in total. The van der Waals surface area contributed by atoms with E-state index in [4.69, 9.17) is 13.3 Å². The molecule has 0 spiro atoms. The summed E-state index contributed by atoms with van der Waals surface area (Å²) in [6.45, 7) is 0. The van der Waals surface area contributed by atoms with Crippen molar-refractivity contribution in [3.05, 3.63) is 91.0 Å². The Morgan fingerprint density at radius 2 is 0.852 bits per heavy atom. The van der Waals surface area contributed by atoms with Crippen molar-refractivity contribution in [1.29, 1.82) is 0 Å². The first-order valence-corrected chi connectivity index (χ1v) is 13.6. The van der Waals surface area contributed by atoms with E-state index >= 15 is 0 Å². The van der Waals surface area contributed by atoms with Gasteiger partial charge in [-0.25, -0.2) is 0 Å². The third-order valence-electron chi connectivity index (χ3n) is 3.36. The van der Waals surface area contributed by atoms with Gasteiger partial charge < -0.3 is 9.11 Å². The van der Waals surface area contributed by atoms with E-state index in [1.807, 2.05) is 0 Å². The van der Waals surface area contributed by atoms with Gasteiger partial charge >= 0.3 is 187 Å². The minimum atomic E-state index is -4.33. The van der Waals surface area contributed by atoms with Crippen LogP contribution in [0.25, 0.3) is 0 Å². The van der Waals surface area contributed by atoms with Gasteiger partial charge in [0.05, 0.1) is 0 Å². The van der Waals surface area contributed by atoms with Gasteiger partial charge in [-0.2, -0.15) is 0 Å². The van der Waals surface area contributed by atoms with Gasteiger partial charge in [-0.1, -0.05) is 0 Å². The predicted molar refractivity (Wildman–Crippen MR) is 108 cm³/mol. The van der Waals surface area contributed by atoms with E-state index in [2.05, 4.69) is 117 Å². The molecule has 3 aromatic rings. The molecule has 0 unspecified atom stereocenters. The van der Waals surface area contributed by atoms with E-state index in [-0.39, 0.29) is 59.1 Å². The van der Waals surface area contributed by atoms with Gasteiger partial charge in [0.15, 0.2) is 0 Å². The maximum atomic E-state index is 8.89. The summed E-state index contributed by atoms with van der Waals surface area (Å²) in [5, 5.41) is 4.12. The molecule has 0 saturated carbocycles. The van der Waals surface area contributed by atoms with E-state index in [1.165, 1.54) is 15.9 Å². The number of hydrogen-bond acceptors (Lipinski definition) is 4. The van der Waals surface area contributed by atoms with Gasteiger partial charge in [0, 0.05) is 0 Å². The van der Waals surface area contributed by atoms with Crippen LogP contribution in [0.15, 0.2) is 91.0 Å². The van der Waals surface area contributed by atoms with Gasteiger partial charge in [0.25, 0.3) is 0 Å². The van der Waals surface area contributed by atoms with E-state index in [9.17, 15) is 0 Å². The van der Waals surface area contributed by atoms with Gasteiger partial charge in [-0.05, 0) is 11.2 Å². The van der Waals surface area contributed by atoms with Crippen LogP contribution in [0.4, 0.5) is 0 Å². The summed E-state index contributed by atoms with van der Waals surface area (Å²) in [6.07, 6.45) is 0. The van der Waals surface area contributed by atoms with Crippen LogP contribution in [0.1, 0.15) is 0 Å². The molecule has 0 atom stereocenters. The van der Waals surface area contributed by atoms with Crippen molar-refractivity contribution < 1.29 is 72.4 Å². The molecule has 27 heavy (non-hydrogen) atoms. The Balaban J connectivity index is 0.000000864. The average molecular weight is 499 g/mol. The molecular weight excluding hydrogens is 484 g/mol. The Hall–Kier alpha value is 0.899. The molecule has 0 saturated heterocycles. The molecule has 3 rings (SSSR count). The summed E-state index contributed by atoms with van der Waals surface area (Å²) in [4.78, 5) is 0. The zero-order chi connectivity index (χ0) is 18.3. The number of rotatable bonds is 3. The molecule has 0 aliphatic carbocycles. The summed E-state index contributed by atoms with van der Waals surface area (Å²) in [5.41, 5.74) is -1.65. The molecule has 0 radical (unpaired) electrons. The van der Waals surface area contributed by atoms with Crippen LogP contribution in [0, 0.1) is 0 Å². The van der Waals surface area contributed by atoms with Crippen LogP contribution in [0.2, 0.25) is 0 Å². The van der Waals surface area contributed by atoms with Crippen LogP contribution in [0.3, 0.4) is 0 Å². The van der Waals surface area contributed by atoms with Crippen molar-refractivity contribution in [3.63, 3.8) is 0 Å². The van der Waals surface area contributed by atoms with Crippen LogP contribution in [-0.2, 0) is 20.2 Å². The maximum absolute atomic E-state index is 8.89. The monoisotopic (exact) mass is 500 g/mol. The first kappa shape index (κ1) is 27.9. The summed E-state index contributed by atoms with van der Waals surface area (Å²) in [6, 6.07) is 32.3. The summed E-state index contributed by atoms with van der Waals surface area (Å²) in [7, 11) is -4.33. The van der Waals surface area contributed by atoms with E-state index in [0.29, 0.717) is 0 Å². The van der Waals surface area contributed by atoms with Crippen LogP contribution < -0.4 is 75.0 Å². The van der Waals surface area contributed by atoms with Gasteiger partial charge in [0.2, 0.25) is 0 Å². The summed E-state index contributed by atoms with van der Waals surface area (Å²) >= 11 is 6.79. The predicted octanol–water partition coefficient (Wildman–Crippen LogP) is -3.93. The van der Waals surface area contributed by atoms with Crippen molar-refractivity contribution >= 4 is 56.8 Å². The Kier molecular flexibility index (Phi) is 13.7. The molecule has 3 aromatic carbocycles. The average Bonchev–Trinajstić information content (AvgIpc) is 2.62. The fraction of sp³-hybridized carbons (Fsp3) is 0. The van der Waals surface area contributed by atoms with Gasteiger partial charge in [-0.3, -0.25) is 4.21 Å². The van der Waals surface area contributed by atoms with Gasteiger partial charge in [-0.15, -0.1) is 9.05 Å². The molecular formula is C18H15Na2O3PS2Se. The Labute approximate surface area is 217 Å². The third kappa shape index (κ3) is 9.06. The normalized spacial score (nSPS) is 10.4. The van der Waals surface area contributed by atoms with Gasteiger partial charge in [0.1, 0.15) is 0 Å². The molecule has 0 aliphatic rings. The van der Waals surface area contributed by atoms with Crippen LogP contribution in [-0.4, -0.2) is 28.4 Å². The number of benzene rings is 3. The Bertz CT molecular complexity index is 846. The van der Waals surface area contributed by atoms with Crippen molar-refractivity contribution in [2.24, 2.45) is 0 Å². The van der Waals surface area contributed by atoms with Crippen LogP contribution in [0.5, 0.6) is 0 Å². The second kappa shape index (κ2) is 13.3. The second-order valence-corrected chi connectivity index (χ2v) is 13.3. The van der Waals surface area contributed by atoms with Crippen LogP contribution >= 0.6 is 5.51 Å². The topological polar surface area (TPSA) is 63.2 Å². The summed E-state index contributed by atoms with van der Waals surface area (Å²) in [5.74, 6) is 0. The Morgan fingerprint density at radius 3 is 1.04 bits per heavy atom. The third-order valence-corrected chi connectivity index (χ3v) is 10.4. The molecule has 130 valence electrons. The molecule has 0 aromatic heterocycles. The van der Waals surface area contributed by atoms with E-state index in [1.54, 1.807) is 0 Å². The quantitative estimate of drug-likeness (QED) is 0.273.